The van der Waals surface area contributed by atoms with E-state index in [1.165, 1.54) is 11.6 Å². The number of hydrogen-bond donors (Lipinski definition) is 1. The number of rotatable bonds is 5. The largest absolute Gasteiger partial charge is 0.368 e. The van der Waals surface area contributed by atoms with Gasteiger partial charge in [0.1, 0.15) is 11.7 Å². The average Bonchev–Trinajstić information content (AvgIpc) is 2.92. The second-order valence-corrected chi connectivity index (χ2v) is 6.46. The van der Waals surface area contributed by atoms with Gasteiger partial charge in [-0.25, -0.2) is 0 Å². The molecule has 1 amide bonds. The maximum atomic E-state index is 12.7. The van der Waals surface area contributed by atoms with Crippen molar-refractivity contribution >= 4 is 17.3 Å². The van der Waals surface area contributed by atoms with Crippen LogP contribution in [0.4, 0.5) is 11.4 Å². The van der Waals surface area contributed by atoms with E-state index in [9.17, 15) is 14.9 Å². The number of carbonyl (C=O) groups is 1. The van der Waals surface area contributed by atoms with Crippen LogP contribution in [0.2, 0.25) is 0 Å². The summed E-state index contributed by atoms with van der Waals surface area (Å²) >= 11 is 0. The van der Waals surface area contributed by atoms with Gasteiger partial charge in [-0.05, 0) is 31.4 Å². The van der Waals surface area contributed by atoms with Crippen LogP contribution in [0.3, 0.4) is 0 Å². The van der Waals surface area contributed by atoms with Gasteiger partial charge < -0.3 is 10.2 Å². The summed E-state index contributed by atoms with van der Waals surface area (Å²) in [6, 6.07) is 12.6. The number of para-hydroxylation sites is 1. The summed E-state index contributed by atoms with van der Waals surface area (Å²) in [5.74, 6) is -0.0156. The van der Waals surface area contributed by atoms with Crippen molar-refractivity contribution in [2.24, 2.45) is 0 Å². The first-order valence-electron chi connectivity index (χ1n) is 8.30. The fraction of sp³-hybridized carbons (Fsp3) is 0.316. The first-order chi connectivity index (χ1) is 12.0. The van der Waals surface area contributed by atoms with Crippen LogP contribution in [-0.2, 0) is 11.3 Å². The number of likely N-dealkylation sites (tertiary alicyclic amines) is 1. The Hall–Kier alpha value is -2.89. The van der Waals surface area contributed by atoms with Crippen LogP contribution in [0, 0.1) is 24.0 Å². The van der Waals surface area contributed by atoms with Crippen molar-refractivity contribution in [3.8, 4) is 0 Å². The number of amides is 1. The molecule has 1 fully saturated rings. The number of aryl methyl sites for hydroxylation is 2. The maximum absolute atomic E-state index is 12.7. The van der Waals surface area contributed by atoms with E-state index >= 15 is 0 Å². The minimum Gasteiger partial charge on any atom is -0.368 e. The van der Waals surface area contributed by atoms with E-state index in [-0.39, 0.29) is 11.6 Å². The molecule has 0 aliphatic carbocycles. The van der Waals surface area contributed by atoms with E-state index in [0.29, 0.717) is 25.2 Å². The molecule has 0 saturated carbocycles. The number of nitro benzene ring substituents is 1. The van der Waals surface area contributed by atoms with Gasteiger partial charge in [0, 0.05) is 19.2 Å². The summed E-state index contributed by atoms with van der Waals surface area (Å²) in [7, 11) is 0. The number of nitro groups is 1. The Morgan fingerprint density at radius 3 is 2.60 bits per heavy atom. The van der Waals surface area contributed by atoms with Crippen molar-refractivity contribution in [1.82, 2.24) is 4.90 Å². The zero-order chi connectivity index (χ0) is 18.0. The predicted octanol–water partition coefficient (Wildman–Crippen LogP) is 3.42. The Balaban J connectivity index is 1.73. The standard InChI is InChI=1S/C19H21N3O3/c1-13-6-8-15(9-7-13)12-21-11-10-16(19(21)23)20-18-14(2)4-3-5-17(18)22(24)25/h3-9,16,20H,10-12H2,1-2H3. The summed E-state index contributed by atoms with van der Waals surface area (Å²) < 4.78 is 0. The van der Waals surface area contributed by atoms with Crippen LogP contribution in [-0.4, -0.2) is 28.3 Å². The minimum absolute atomic E-state index is 0.00443. The lowest BCUT2D eigenvalue weighted by molar-refractivity contribution is -0.384. The Labute approximate surface area is 146 Å². The number of benzene rings is 2. The van der Waals surface area contributed by atoms with E-state index in [1.54, 1.807) is 24.0 Å². The first kappa shape index (κ1) is 17.0. The molecule has 1 saturated heterocycles. The van der Waals surface area contributed by atoms with Crippen molar-refractivity contribution in [2.45, 2.75) is 32.9 Å². The fourth-order valence-electron chi connectivity index (χ4n) is 3.11. The van der Waals surface area contributed by atoms with Gasteiger partial charge in [-0.2, -0.15) is 0 Å². The number of nitrogens with one attached hydrogen (secondary N) is 1. The fourth-order valence-corrected chi connectivity index (χ4v) is 3.11. The van der Waals surface area contributed by atoms with Crippen LogP contribution >= 0.6 is 0 Å². The Morgan fingerprint density at radius 2 is 1.92 bits per heavy atom. The molecule has 2 aromatic rings. The molecule has 3 rings (SSSR count). The van der Waals surface area contributed by atoms with Gasteiger partial charge in [0.05, 0.1) is 4.92 Å². The molecule has 0 bridgehead atoms. The van der Waals surface area contributed by atoms with Gasteiger partial charge in [-0.3, -0.25) is 14.9 Å². The molecule has 130 valence electrons. The SMILES string of the molecule is Cc1ccc(CN2CCC(Nc3c(C)cccc3[N+](=O)[O-])C2=O)cc1. The number of anilines is 1. The lowest BCUT2D eigenvalue weighted by Gasteiger charge is -2.18. The lowest BCUT2D eigenvalue weighted by atomic mass is 10.1. The van der Waals surface area contributed by atoms with E-state index in [1.807, 2.05) is 31.2 Å². The van der Waals surface area contributed by atoms with Gasteiger partial charge in [0.2, 0.25) is 5.91 Å². The third-order valence-corrected chi connectivity index (χ3v) is 4.56. The summed E-state index contributed by atoms with van der Waals surface area (Å²) in [5, 5.41) is 14.3. The van der Waals surface area contributed by atoms with E-state index < -0.39 is 11.0 Å². The molecule has 1 atom stereocenters. The second kappa shape index (κ2) is 6.93. The molecule has 1 heterocycles. The summed E-state index contributed by atoms with van der Waals surface area (Å²) in [6.45, 7) is 5.04. The topological polar surface area (TPSA) is 75.5 Å². The van der Waals surface area contributed by atoms with Gasteiger partial charge in [0.25, 0.3) is 5.69 Å². The van der Waals surface area contributed by atoms with Crippen LogP contribution < -0.4 is 5.32 Å². The summed E-state index contributed by atoms with van der Waals surface area (Å²) in [6.07, 6.45) is 0.635. The monoisotopic (exact) mass is 339 g/mol. The van der Waals surface area contributed by atoms with E-state index in [4.69, 9.17) is 0 Å². The average molecular weight is 339 g/mol. The molecule has 1 N–H and O–H groups in total. The summed E-state index contributed by atoms with van der Waals surface area (Å²) in [5.41, 5.74) is 3.47. The quantitative estimate of drug-likeness (QED) is 0.669. The zero-order valence-corrected chi connectivity index (χ0v) is 14.4. The van der Waals surface area contributed by atoms with Crippen molar-refractivity contribution in [3.05, 3.63) is 69.3 Å². The zero-order valence-electron chi connectivity index (χ0n) is 14.4. The molecular weight excluding hydrogens is 318 g/mol. The number of nitrogens with zero attached hydrogens (tertiary/aromatic N) is 2. The smallest absolute Gasteiger partial charge is 0.292 e. The first-order valence-corrected chi connectivity index (χ1v) is 8.30. The Kier molecular flexibility index (Phi) is 4.70. The molecule has 6 nitrogen and oxygen atoms in total. The molecule has 25 heavy (non-hydrogen) atoms. The van der Waals surface area contributed by atoms with Gasteiger partial charge in [0.15, 0.2) is 0 Å². The van der Waals surface area contributed by atoms with Crippen LogP contribution in [0.5, 0.6) is 0 Å². The highest BCUT2D eigenvalue weighted by Gasteiger charge is 2.33. The highest BCUT2D eigenvalue weighted by Crippen LogP contribution is 2.30. The molecule has 0 aromatic heterocycles. The third-order valence-electron chi connectivity index (χ3n) is 4.56. The van der Waals surface area contributed by atoms with Crippen LogP contribution in [0.25, 0.3) is 0 Å². The lowest BCUT2D eigenvalue weighted by Crippen LogP contribution is -2.33. The molecule has 0 radical (unpaired) electrons. The summed E-state index contributed by atoms with van der Waals surface area (Å²) in [4.78, 5) is 25.3. The van der Waals surface area contributed by atoms with Gasteiger partial charge in [-0.1, -0.05) is 42.0 Å². The number of hydrogen-bond acceptors (Lipinski definition) is 4. The maximum Gasteiger partial charge on any atom is 0.292 e. The molecule has 2 aromatic carbocycles. The normalized spacial score (nSPS) is 17.0. The molecule has 1 aliphatic heterocycles. The van der Waals surface area contributed by atoms with Crippen LogP contribution in [0.15, 0.2) is 42.5 Å². The number of carbonyl (C=O) groups excluding carboxylic acids is 1. The Bertz CT molecular complexity index is 802. The minimum atomic E-state index is -0.426. The molecule has 1 aliphatic rings. The molecule has 1 unspecified atom stereocenters. The van der Waals surface area contributed by atoms with Gasteiger partial charge in [-0.15, -0.1) is 0 Å². The van der Waals surface area contributed by atoms with E-state index in [2.05, 4.69) is 5.32 Å². The molecular formula is C19H21N3O3. The Morgan fingerprint density at radius 1 is 1.20 bits per heavy atom. The highest BCUT2D eigenvalue weighted by molar-refractivity contribution is 5.88. The molecule has 6 heteroatoms. The van der Waals surface area contributed by atoms with Crippen molar-refractivity contribution in [3.63, 3.8) is 0 Å². The molecule has 0 spiro atoms. The van der Waals surface area contributed by atoms with Crippen molar-refractivity contribution in [1.29, 1.82) is 0 Å². The second-order valence-electron chi connectivity index (χ2n) is 6.46. The predicted molar refractivity (Wildman–Crippen MR) is 96.5 cm³/mol. The highest BCUT2D eigenvalue weighted by atomic mass is 16.6. The third kappa shape index (κ3) is 3.63. The van der Waals surface area contributed by atoms with Crippen LogP contribution in [0.1, 0.15) is 23.1 Å². The van der Waals surface area contributed by atoms with Crippen molar-refractivity contribution in [2.75, 3.05) is 11.9 Å². The van der Waals surface area contributed by atoms with Crippen molar-refractivity contribution < 1.29 is 9.72 Å². The van der Waals surface area contributed by atoms with E-state index in [0.717, 1.165) is 11.1 Å². The van der Waals surface area contributed by atoms with Gasteiger partial charge >= 0.3 is 0 Å².